The molecule has 3 aromatic heterocycles. The molecule has 0 fully saturated rings. The van der Waals surface area contributed by atoms with E-state index in [-0.39, 0.29) is 29.0 Å². The predicted octanol–water partition coefficient (Wildman–Crippen LogP) is 4.02. The van der Waals surface area contributed by atoms with Crippen LogP contribution >= 0.6 is 11.6 Å². The minimum Gasteiger partial charge on any atom is -0.485 e. The van der Waals surface area contributed by atoms with Gasteiger partial charge >= 0.3 is 0 Å². The molecule has 0 aliphatic carbocycles. The summed E-state index contributed by atoms with van der Waals surface area (Å²) in [5, 5.41) is 15.9. The number of fused-ring (bicyclic) bond motifs is 1. The van der Waals surface area contributed by atoms with Crippen molar-refractivity contribution in [3.05, 3.63) is 100 Å². The average Bonchev–Trinajstić information content (AvgIpc) is 3.43. The number of benzene rings is 2. The van der Waals surface area contributed by atoms with E-state index in [9.17, 15) is 10.1 Å². The molecule has 3 heterocycles. The summed E-state index contributed by atoms with van der Waals surface area (Å²) in [7, 11) is 1.88. The highest BCUT2D eigenvalue weighted by molar-refractivity contribution is 6.29. The molecule has 12 heteroatoms. The lowest BCUT2D eigenvalue weighted by molar-refractivity contribution is -0.385. The monoisotopic (exact) mass is 511 g/mol. The number of aromatic nitrogens is 4. The fourth-order valence-electron chi connectivity index (χ4n) is 3.48. The summed E-state index contributed by atoms with van der Waals surface area (Å²) in [6.45, 7) is 0.222. The van der Waals surface area contributed by atoms with Crippen LogP contribution in [-0.2, 0) is 13.7 Å². The molecule has 0 atom stereocenters. The Morgan fingerprint density at radius 2 is 1.78 bits per heavy atom. The van der Waals surface area contributed by atoms with Crippen LogP contribution in [0.4, 0.5) is 5.69 Å². The molecule has 0 aliphatic heterocycles. The first-order valence-electron chi connectivity index (χ1n) is 10.3. The second kappa shape index (κ2) is 10.9. The quantitative estimate of drug-likeness (QED) is 0.237. The van der Waals surface area contributed by atoms with Gasteiger partial charge in [0, 0.05) is 37.1 Å². The Labute approximate surface area is 209 Å². The number of nitro groups is 1. The maximum absolute atomic E-state index is 11.4. The van der Waals surface area contributed by atoms with Crippen LogP contribution in [0.3, 0.4) is 0 Å². The first kappa shape index (κ1) is 26.2. The SMILES string of the molecule is Cn1cnc(-c2cc(Oc3ccc([N+](=O)[O-])cc3OCc3ccccc3)c3cc(Cl)nn3c2)c1.O.O. The van der Waals surface area contributed by atoms with Gasteiger partial charge in [-0.1, -0.05) is 41.9 Å². The van der Waals surface area contributed by atoms with Crippen molar-refractivity contribution < 1.29 is 25.3 Å². The molecule has 0 amide bonds. The van der Waals surface area contributed by atoms with Gasteiger partial charge in [0.25, 0.3) is 5.69 Å². The summed E-state index contributed by atoms with van der Waals surface area (Å²) in [6, 6.07) is 17.2. The molecule has 0 radical (unpaired) electrons. The van der Waals surface area contributed by atoms with Crippen LogP contribution in [0.5, 0.6) is 17.2 Å². The van der Waals surface area contributed by atoms with Crippen molar-refractivity contribution in [1.29, 1.82) is 0 Å². The number of imidazole rings is 1. The highest BCUT2D eigenvalue weighted by Crippen LogP contribution is 2.38. The lowest BCUT2D eigenvalue weighted by Crippen LogP contribution is -2.00. The van der Waals surface area contributed by atoms with Gasteiger partial charge in [0.1, 0.15) is 12.1 Å². The third-order valence-corrected chi connectivity index (χ3v) is 5.29. The van der Waals surface area contributed by atoms with Gasteiger partial charge in [0.15, 0.2) is 22.4 Å². The van der Waals surface area contributed by atoms with E-state index in [1.54, 1.807) is 23.1 Å². The number of aryl methyl sites for hydroxylation is 1. The van der Waals surface area contributed by atoms with Crippen molar-refractivity contribution in [2.24, 2.45) is 7.05 Å². The Morgan fingerprint density at radius 3 is 2.47 bits per heavy atom. The van der Waals surface area contributed by atoms with Crippen molar-refractivity contribution in [2.45, 2.75) is 6.61 Å². The molecule has 2 aromatic carbocycles. The Bertz CT molecular complexity index is 1500. The lowest BCUT2D eigenvalue weighted by Gasteiger charge is -2.14. The van der Waals surface area contributed by atoms with Crippen molar-refractivity contribution in [1.82, 2.24) is 19.2 Å². The van der Waals surface area contributed by atoms with E-state index >= 15 is 0 Å². The molecule has 0 saturated heterocycles. The van der Waals surface area contributed by atoms with E-state index in [0.29, 0.717) is 22.2 Å². The molecule has 0 bridgehead atoms. The molecule has 11 nitrogen and oxygen atoms in total. The van der Waals surface area contributed by atoms with Gasteiger partial charge in [0.2, 0.25) is 0 Å². The summed E-state index contributed by atoms with van der Waals surface area (Å²) < 4.78 is 15.6. The number of non-ortho nitro benzene ring substituents is 1. The number of nitrogens with zero attached hydrogens (tertiary/aromatic N) is 5. The standard InChI is InChI=1S/C24H18ClN5O4.2H2O/c1-28-13-19(26-15-28)17-9-22(20-11-24(25)27-29(20)12-17)34-21-8-7-18(30(31)32)10-23(21)33-14-16-5-3-2-4-6-16;;/h2-13,15H,14H2,1H3;2*1H2. The van der Waals surface area contributed by atoms with Gasteiger partial charge in [-0.15, -0.1) is 0 Å². The molecular weight excluding hydrogens is 490 g/mol. The zero-order chi connectivity index (χ0) is 23.7. The van der Waals surface area contributed by atoms with Gasteiger partial charge < -0.3 is 25.0 Å². The summed E-state index contributed by atoms with van der Waals surface area (Å²) in [5.74, 6) is 1.00. The summed E-state index contributed by atoms with van der Waals surface area (Å²) >= 11 is 6.16. The normalized spacial score (nSPS) is 10.4. The van der Waals surface area contributed by atoms with Crippen molar-refractivity contribution >= 4 is 22.8 Å². The molecule has 0 aliphatic rings. The molecule has 186 valence electrons. The molecule has 4 N–H and O–H groups in total. The number of hydrogen-bond acceptors (Lipinski definition) is 6. The van der Waals surface area contributed by atoms with E-state index in [1.807, 2.05) is 54.2 Å². The summed E-state index contributed by atoms with van der Waals surface area (Å²) in [6.07, 6.45) is 5.37. The molecular formula is C24H22ClN5O6. The van der Waals surface area contributed by atoms with Crippen LogP contribution in [0.1, 0.15) is 5.56 Å². The van der Waals surface area contributed by atoms with E-state index in [0.717, 1.165) is 16.8 Å². The largest absolute Gasteiger partial charge is 0.485 e. The van der Waals surface area contributed by atoms with Gasteiger partial charge in [-0.3, -0.25) is 10.1 Å². The van der Waals surface area contributed by atoms with Crippen molar-refractivity contribution in [3.63, 3.8) is 0 Å². The predicted molar refractivity (Wildman–Crippen MR) is 134 cm³/mol. The Hall–Kier alpha value is -4.45. The zero-order valence-electron chi connectivity index (χ0n) is 19.0. The third-order valence-electron chi connectivity index (χ3n) is 5.10. The highest BCUT2D eigenvalue weighted by atomic mass is 35.5. The van der Waals surface area contributed by atoms with E-state index < -0.39 is 4.92 Å². The maximum Gasteiger partial charge on any atom is 0.273 e. The number of hydrogen-bond donors (Lipinski definition) is 0. The van der Waals surface area contributed by atoms with Crippen molar-refractivity contribution in [2.75, 3.05) is 0 Å². The first-order valence-corrected chi connectivity index (χ1v) is 10.6. The second-order valence-electron chi connectivity index (χ2n) is 7.58. The zero-order valence-corrected chi connectivity index (χ0v) is 19.7. The minimum atomic E-state index is -0.476. The molecule has 5 aromatic rings. The van der Waals surface area contributed by atoms with Crippen LogP contribution in [0, 0.1) is 10.1 Å². The van der Waals surface area contributed by atoms with Crippen LogP contribution in [0.15, 0.2) is 79.4 Å². The third kappa shape index (κ3) is 5.44. The topological polar surface area (TPSA) is 160 Å². The van der Waals surface area contributed by atoms with Gasteiger partial charge in [-0.05, 0) is 17.7 Å². The van der Waals surface area contributed by atoms with Gasteiger partial charge in [-0.2, -0.15) is 5.10 Å². The number of halogens is 1. The molecule has 5 rings (SSSR count). The maximum atomic E-state index is 11.4. The molecule has 0 spiro atoms. The van der Waals surface area contributed by atoms with Crippen LogP contribution in [0.25, 0.3) is 16.8 Å². The van der Waals surface area contributed by atoms with Crippen molar-refractivity contribution in [3.8, 4) is 28.5 Å². The van der Waals surface area contributed by atoms with E-state index in [1.165, 1.54) is 18.2 Å². The van der Waals surface area contributed by atoms with Crippen LogP contribution in [0.2, 0.25) is 5.15 Å². The number of pyridine rings is 1. The summed E-state index contributed by atoms with van der Waals surface area (Å²) in [4.78, 5) is 15.3. The highest BCUT2D eigenvalue weighted by Gasteiger charge is 2.17. The van der Waals surface area contributed by atoms with Crippen LogP contribution < -0.4 is 9.47 Å². The number of nitro benzene ring substituents is 1. The van der Waals surface area contributed by atoms with E-state index in [2.05, 4.69) is 10.1 Å². The smallest absolute Gasteiger partial charge is 0.273 e. The molecule has 36 heavy (non-hydrogen) atoms. The Morgan fingerprint density at radius 1 is 1.00 bits per heavy atom. The average molecular weight is 512 g/mol. The Kier molecular flexibility index (Phi) is 7.90. The minimum absolute atomic E-state index is 0. The van der Waals surface area contributed by atoms with Gasteiger partial charge in [0.05, 0.1) is 23.0 Å². The first-order chi connectivity index (χ1) is 16.5. The van der Waals surface area contributed by atoms with Gasteiger partial charge in [-0.25, -0.2) is 9.50 Å². The molecule has 0 unspecified atom stereocenters. The fourth-order valence-corrected chi connectivity index (χ4v) is 3.66. The Balaban J connectivity index is 0.00000180. The lowest BCUT2D eigenvalue weighted by atomic mass is 10.2. The van der Waals surface area contributed by atoms with Crippen LogP contribution in [-0.4, -0.2) is 35.0 Å². The number of rotatable bonds is 7. The molecule has 0 saturated carbocycles. The summed E-state index contributed by atoms with van der Waals surface area (Å²) in [5.41, 5.74) is 2.93. The fraction of sp³-hybridized carbons (Fsp3) is 0.0833. The number of ether oxygens (including phenoxy) is 2. The second-order valence-corrected chi connectivity index (χ2v) is 7.97. The van der Waals surface area contributed by atoms with E-state index in [4.69, 9.17) is 21.1 Å².